The molecule has 0 aliphatic carbocycles. The lowest BCUT2D eigenvalue weighted by Gasteiger charge is -2.12. The molecule has 0 aliphatic rings. The molecule has 3 rings (SSSR count). The number of rotatable bonds is 3. The van der Waals surface area contributed by atoms with Gasteiger partial charge in [-0.3, -0.25) is 14.9 Å². The zero-order valence-corrected chi connectivity index (χ0v) is 13.0. The minimum atomic E-state index is -0.304. The second-order valence-corrected chi connectivity index (χ2v) is 5.66. The predicted molar refractivity (Wildman–Crippen MR) is 86.5 cm³/mol. The van der Waals surface area contributed by atoms with Gasteiger partial charge in [0.2, 0.25) is 5.13 Å². The minimum absolute atomic E-state index is 0.0808. The molecular weight excluding hydrogens is 300 g/mol. The van der Waals surface area contributed by atoms with Crippen molar-refractivity contribution in [3.63, 3.8) is 0 Å². The molecule has 1 N–H and O–H groups in total. The molecule has 0 saturated heterocycles. The first-order chi connectivity index (χ1) is 10.6. The number of nitrogens with one attached hydrogen (secondary N) is 1. The molecule has 2 heterocycles. The van der Waals surface area contributed by atoms with Crippen LogP contribution in [0.25, 0.3) is 10.9 Å². The quantitative estimate of drug-likeness (QED) is 0.805. The number of fused-ring (bicyclic) bond motifs is 1. The van der Waals surface area contributed by atoms with Crippen LogP contribution in [0.1, 0.15) is 23.0 Å². The van der Waals surface area contributed by atoms with Gasteiger partial charge < -0.3 is 4.57 Å². The summed E-state index contributed by atoms with van der Waals surface area (Å²) in [6.45, 7) is 4.69. The van der Waals surface area contributed by atoms with Crippen molar-refractivity contribution in [3.8, 4) is 0 Å². The maximum atomic E-state index is 12.2. The summed E-state index contributed by atoms with van der Waals surface area (Å²) in [5.74, 6) is -0.304. The molecule has 0 spiro atoms. The van der Waals surface area contributed by atoms with E-state index in [1.165, 1.54) is 11.3 Å². The Morgan fingerprint density at radius 1 is 1.36 bits per heavy atom. The first-order valence-corrected chi connectivity index (χ1v) is 7.70. The molecule has 6 nitrogen and oxygen atoms in total. The van der Waals surface area contributed by atoms with Crippen molar-refractivity contribution in [1.29, 1.82) is 0 Å². The number of benzene rings is 1. The lowest BCUT2D eigenvalue weighted by molar-refractivity contribution is 0.102. The number of nitrogens with zero attached hydrogens (tertiary/aromatic N) is 3. The Hall–Kier alpha value is -2.54. The Bertz CT molecular complexity index is 900. The Labute approximate surface area is 130 Å². The summed E-state index contributed by atoms with van der Waals surface area (Å²) in [7, 11) is 0. The van der Waals surface area contributed by atoms with Gasteiger partial charge in [-0.15, -0.1) is 10.2 Å². The highest BCUT2D eigenvalue weighted by Gasteiger charge is 2.12. The molecular formula is C15H14N4O2S. The third kappa shape index (κ3) is 2.50. The molecule has 0 fully saturated rings. The maximum absolute atomic E-state index is 12.2. The molecule has 0 aliphatic heterocycles. The Morgan fingerprint density at radius 3 is 2.86 bits per heavy atom. The van der Waals surface area contributed by atoms with Crippen molar-refractivity contribution >= 4 is 33.3 Å². The maximum Gasteiger partial charge on any atom is 0.257 e. The van der Waals surface area contributed by atoms with E-state index in [-0.39, 0.29) is 11.3 Å². The van der Waals surface area contributed by atoms with Crippen LogP contribution in [0.2, 0.25) is 0 Å². The van der Waals surface area contributed by atoms with Gasteiger partial charge in [0.25, 0.3) is 5.91 Å². The van der Waals surface area contributed by atoms with Crippen LogP contribution in [0.3, 0.4) is 0 Å². The molecule has 1 amide bonds. The molecule has 3 aromatic rings. The van der Waals surface area contributed by atoms with E-state index in [1.54, 1.807) is 23.7 Å². The normalized spacial score (nSPS) is 10.8. The average Bonchev–Trinajstić information content (AvgIpc) is 3.00. The molecule has 22 heavy (non-hydrogen) atoms. The largest absolute Gasteiger partial charge is 0.345 e. The highest BCUT2D eigenvalue weighted by atomic mass is 32.1. The number of hydrogen-bond acceptors (Lipinski definition) is 5. The van der Waals surface area contributed by atoms with Crippen LogP contribution in [-0.2, 0) is 6.54 Å². The molecule has 1 aromatic carbocycles. The molecule has 0 saturated carbocycles. The number of carbonyl (C=O) groups excluding carboxylic acids is 1. The summed E-state index contributed by atoms with van der Waals surface area (Å²) in [5.41, 5.74) is 3.62. The van der Waals surface area contributed by atoms with Crippen molar-refractivity contribution in [2.75, 3.05) is 5.32 Å². The van der Waals surface area contributed by atoms with Gasteiger partial charge in [0.1, 0.15) is 5.51 Å². The zero-order valence-electron chi connectivity index (χ0n) is 12.2. The zero-order chi connectivity index (χ0) is 15.7. The van der Waals surface area contributed by atoms with Crippen molar-refractivity contribution in [3.05, 3.63) is 51.3 Å². The van der Waals surface area contributed by atoms with E-state index >= 15 is 0 Å². The highest BCUT2D eigenvalue weighted by Crippen LogP contribution is 2.17. The van der Waals surface area contributed by atoms with Gasteiger partial charge in [0, 0.05) is 29.3 Å². The summed E-state index contributed by atoms with van der Waals surface area (Å²) in [6.07, 6.45) is 0. The van der Waals surface area contributed by atoms with Gasteiger partial charge in [-0.25, -0.2) is 0 Å². The summed E-state index contributed by atoms with van der Waals surface area (Å²) < 4.78 is 2.04. The van der Waals surface area contributed by atoms with Gasteiger partial charge >= 0.3 is 0 Å². The number of anilines is 1. The lowest BCUT2D eigenvalue weighted by atomic mass is 10.1. The number of aryl methyl sites for hydroxylation is 2. The van der Waals surface area contributed by atoms with Crippen LogP contribution in [-0.4, -0.2) is 20.7 Å². The third-order valence-electron chi connectivity index (χ3n) is 3.48. The fraction of sp³-hybridized carbons (Fsp3) is 0.200. The van der Waals surface area contributed by atoms with Crippen molar-refractivity contribution < 1.29 is 4.79 Å². The van der Waals surface area contributed by atoms with E-state index in [0.717, 1.165) is 17.8 Å². The second kappa shape index (κ2) is 5.69. The van der Waals surface area contributed by atoms with Gasteiger partial charge in [0.05, 0.1) is 5.52 Å². The lowest BCUT2D eigenvalue weighted by Crippen LogP contribution is -2.15. The second-order valence-electron chi connectivity index (χ2n) is 4.82. The van der Waals surface area contributed by atoms with Crippen LogP contribution in [0, 0.1) is 6.92 Å². The van der Waals surface area contributed by atoms with Crippen LogP contribution in [0.4, 0.5) is 5.13 Å². The number of pyridine rings is 1. The third-order valence-corrected chi connectivity index (χ3v) is 4.08. The summed E-state index contributed by atoms with van der Waals surface area (Å²) >= 11 is 1.24. The first-order valence-electron chi connectivity index (χ1n) is 6.82. The molecule has 0 radical (unpaired) electrons. The number of hydrogen-bond donors (Lipinski definition) is 1. The van der Waals surface area contributed by atoms with Crippen LogP contribution in [0.15, 0.2) is 34.6 Å². The van der Waals surface area contributed by atoms with E-state index < -0.39 is 0 Å². The fourth-order valence-corrected chi connectivity index (χ4v) is 2.90. The van der Waals surface area contributed by atoms with Gasteiger partial charge in [-0.1, -0.05) is 11.3 Å². The van der Waals surface area contributed by atoms with Gasteiger partial charge in [0.15, 0.2) is 5.43 Å². The first kappa shape index (κ1) is 14.4. The Balaban J connectivity index is 2.06. The van der Waals surface area contributed by atoms with Crippen molar-refractivity contribution in [2.24, 2.45) is 0 Å². The Morgan fingerprint density at radius 2 is 2.18 bits per heavy atom. The fourth-order valence-electron chi connectivity index (χ4n) is 2.46. The van der Waals surface area contributed by atoms with E-state index in [1.807, 2.05) is 24.5 Å². The molecule has 7 heteroatoms. The van der Waals surface area contributed by atoms with Crippen LogP contribution in [0.5, 0.6) is 0 Å². The van der Waals surface area contributed by atoms with E-state index in [2.05, 4.69) is 15.5 Å². The Kier molecular flexibility index (Phi) is 3.72. The molecule has 0 atom stereocenters. The molecule has 0 unspecified atom stereocenters. The van der Waals surface area contributed by atoms with Crippen molar-refractivity contribution in [2.45, 2.75) is 20.4 Å². The molecule has 0 bridgehead atoms. The van der Waals surface area contributed by atoms with E-state index in [0.29, 0.717) is 16.1 Å². The smallest absolute Gasteiger partial charge is 0.257 e. The summed E-state index contributed by atoms with van der Waals surface area (Å²) in [5, 5.41) is 11.1. The molecule has 112 valence electrons. The SMILES string of the molecule is CCn1c(C)cc(=O)c2cc(C(=O)Nc3nncs3)ccc21. The van der Waals surface area contributed by atoms with Crippen molar-refractivity contribution in [1.82, 2.24) is 14.8 Å². The highest BCUT2D eigenvalue weighted by molar-refractivity contribution is 7.13. The van der Waals surface area contributed by atoms with Gasteiger partial charge in [-0.2, -0.15) is 0 Å². The minimum Gasteiger partial charge on any atom is -0.345 e. The van der Waals surface area contributed by atoms with Gasteiger partial charge in [-0.05, 0) is 32.0 Å². The van der Waals surface area contributed by atoms with Crippen LogP contribution < -0.4 is 10.7 Å². The van der Waals surface area contributed by atoms with E-state index in [9.17, 15) is 9.59 Å². The molecule has 2 aromatic heterocycles. The monoisotopic (exact) mass is 314 g/mol. The van der Waals surface area contributed by atoms with E-state index in [4.69, 9.17) is 0 Å². The number of carbonyl (C=O) groups is 1. The standard InChI is InChI=1S/C15H14N4O2S/c1-3-19-9(2)6-13(20)11-7-10(4-5-12(11)19)14(21)17-15-18-16-8-22-15/h4-8H,3H2,1-2H3,(H,17,18,21). The number of aromatic nitrogens is 3. The summed E-state index contributed by atoms with van der Waals surface area (Å²) in [6, 6.07) is 6.74. The van der Waals surface area contributed by atoms with Crippen LogP contribution >= 0.6 is 11.3 Å². The number of amides is 1. The average molecular weight is 314 g/mol. The predicted octanol–water partition coefficient (Wildman–Crippen LogP) is 2.43. The topological polar surface area (TPSA) is 76.9 Å². The summed E-state index contributed by atoms with van der Waals surface area (Å²) in [4.78, 5) is 24.4.